The summed E-state index contributed by atoms with van der Waals surface area (Å²) >= 11 is 13.2. The van der Waals surface area contributed by atoms with Gasteiger partial charge in [-0.3, -0.25) is 10.1 Å². The Bertz CT molecular complexity index is 2010. The number of amides is 3. The monoisotopic (exact) mass is 772 g/mol. The van der Waals surface area contributed by atoms with Crippen LogP contribution in [0.15, 0.2) is 42.0 Å². The summed E-state index contributed by atoms with van der Waals surface area (Å²) in [5.74, 6) is -1.59. The summed E-state index contributed by atoms with van der Waals surface area (Å²) in [6.07, 6.45) is -1.12. The van der Waals surface area contributed by atoms with Crippen molar-refractivity contribution in [1.29, 1.82) is 0 Å². The number of aromatic nitrogens is 1. The van der Waals surface area contributed by atoms with E-state index in [0.29, 0.717) is 0 Å². The van der Waals surface area contributed by atoms with E-state index in [2.05, 4.69) is 5.32 Å². The second-order valence-electron chi connectivity index (χ2n) is 16.4. The fourth-order valence-corrected chi connectivity index (χ4v) is 5.79. The van der Waals surface area contributed by atoms with Crippen molar-refractivity contribution in [3.05, 3.63) is 63.3 Å². The molecule has 0 saturated carbocycles. The molecule has 1 aliphatic rings. The molecule has 15 heteroatoms. The van der Waals surface area contributed by atoms with Crippen molar-refractivity contribution in [3.63, 3.8) is 0 Å². The molecule has 3 amide bonds. The van der Waals surface area contributed by atoms with E-state index in [0.717, 1.165) is 14.6 Å². The van der Waals surface area contributed by atoms with E-state index in [-0.39, 0.29) is 55.7 Å². The van der Waals surface area contributed by atoms with Crippen molar-refractivity contribution in [2.75, 3.05) is 16.9 Å². The number of esters is 1. The summed E-state index contributed by atoms with van der Waals surface area (Å²) in [7, 11) is 0. The third-order valence-corrected chi connectivity index (χ3v) is 7.40. The van der Waals surface area contributed by atoms with Gasteiger partial charge in [0.2, 0.25) is 0 Å². The molecule has 1 aliphatic heterocycles. The van der Waals surface area contributed by atoms with E-state index in [4.69, 9.17) is 42.1 Å². The smallest absolute Gasteiger partial charge is 0.430 e. The van der Waals surface area contributed by atoms with Gasteiger partial charge in [0, 0.05) is 27.2 Å². The van der Waals surface area contributed by atoms with Crippen LogP contribution in [0, 0.1) is 0 Å². The summed E-state index contributed by atoms with van der Waals surface area (Å²) in [6.45, 7) is 19.9. The summed E-state index contributed by atoms with van der Waals surface area (Å²) in [4.78, 5) is 68.6. The third-order valence-electron chi connectivity index (χ3n) is 6.88. The molecule has 4 rings (SSSR count). The van der Waals surface area contributed by atoms with E-state index in [1.54, 1.807) is 101 Å². The van der Waals surface area contributed by atoms with Gasteiger partial charge in [-0.05, 0) is 119 Å². The van der Waals surface area contributed by atoms with Gasteiger partial charge < -0.3 is 18.9 Å². The van der Waals surface area contributed by atoms with Crippen LogP contribution in [0.25, 0.3) is 17.0 Å². The van der Waals surface area contributed by atoms with Crippen LogP contribution >= 0.6 is 23.2 Å². The van der Waals surface area contributed by atoms with Crippen LogP contribution in [-0.2, 0) is 23.7 Å². The molecule has 0 radical (unpaired) electrons. The van der Waals surface area contributed by atoms with Gasteiger partial charge in [0.15, 0.2) is 0 Å². The van der Waals surface area contributed by atoms with Crippen LogP contribution in [-0.4, -0.2) is 68.7 Å². The number of hydrazine groups is 1. The van der Waals surface area contributed by atoms with Gasteiger partial charge in [0.25, 0.3) is 5.91 Å². The molecule has 1 aromatic heterocycles. The lowest BCUT2D eigenvalue weighted by molar-refractivity contribution is -0.115. The number of hydrogen-bond acceptors (Lipinski definition) is 9. The van der Waals surface area contributed by atoms with Crippen LogP contribution in [0.1, 0.15) is 99.1 Å². The highest BCUT2D eigenvalue weighted by atomic mass is 35.5. The number of ether oxygens (including phenoxy) is 4. The van der Waals surface area contributed by atoms with E-state index in [1.807, 2.05) is 0 Å². The van der Waals surface area contributed by atoms with E-state index >= 15 is 0 Å². The van der Waals surface area contributed by atoms with Gasteiger partial charge in [-0.25, -0.2) is 33.8 Å². The number of rotatable bonds is 4. The Kier molecular flexibility index (Phi) is 11.3. The average Bonchev–Trinajstić information content (AvgIpc) is 3.44. The number of carbonyl (C=O) groups is 5. The Labute approximate surface area is 319 Å². The van der Waals surface area contributed by atoms with E-state index in [1.165, 1.54) is 24.3 Å². The molecule has 0 aliphatic carbocycles. The Balaban J connectivity index is 1.97. The zero-order valence-electron chi connectivity index (χ0n) is 32.0. The normalized spacial score (nSPS) is 14.8. The number of nitrogens with one attached hydrogen (secondary N) is 1. The zero-order chi connectivity index (χ0) is 40.0. The number of hydrogen-bond donors (Lipinski definition) is 1. The lowest BCUT2D eigenvalue weighted by Crippen LogP contribution is -2.45. The number of nitrogens with zero attached hydrogens (tertiary/aromatic N) is 3. The Morgan fingerprint density at radius 3 is 1.89 bits per heavy atom. The Hall–Kier alpha value is -4.75. The molecule has 0 bridgehead atoms. The summed E-state index contributed by atoms with van der Waals surface area (Å²) in [6, 6.07) is 9.11. The number of benzene rings is 2. The number of anilines is 2. The predicted octanol–water partition coefficient (Wildman–Crippen LogP) is 9.62. The van der Waals surface area contributed by atoms with Crippen molar-refractivity contribution < 1.29 is 42.9 Å². The van der Waals surface area contributed by atoms with Crippen LogP contribution in [0.5, 0.6) is 0 Å². The lowest BCUT2D eigenvalue weighted by Gasteiger charge is -2.30. The van der Waals surface area contributed by atoms with Gasteiger partial charge in [-0.15, -0.1) is 0 Å². The van der Waals surface area contributed by atoms with Crippen LogP contribution in [0.3, 0.4) is 0 Å². The first-order valence-corrected chi connectivity index (χ1v) is 17.6. The number of fused-ring (bicyclic) bond motifs is 1. The summed E-state index contributed by atoms with van der Waals surface area (Å²) in [5, 5.41) is 5.26. The van der Waals surface area contributed by atoms with Gasteiger partial charge >= 0.3 is 24.2 Å². The quantitative estimate of drug-likeness (QED) is 0.156. The molecule has 1 fully saturated rings. The van der Waals surface area contributed by atoms with Gasteiger partial charge in [0.05, 0.1) is 22.8 Å². The molecule has 3 aromatic rings. The van der Waals surface area contributed by atoms with Crippen molar-refractivity contribution in [1.82, 2.24) is 9.58 Å². The standard InChI is InChI=1S/C38H46Cl2N4O9/c1-35(2,3)50-31(46)29-25(28-26(40)17-22(39)18-27(28)43(29)34(49)53-38(10,11)12)16-21-20-42(33(48)52-37(7,8)9)44(30(21)45)24-15-13-14-23(19-24)41-32(47)51-36(4,5)6/h13-19H,20H2,1-12H3,(H,41,47). The topological polar surface area (TPSA) is 146 Å². The molecule has 1 N–H and O–H groups in total. The molecule has 1 saturated heterocycles. The summed E-state index contributed by atoms with van der Waals surface area (Å²) in [5.41, 5.74) is -3.27. The number of carbonyl (C=O) groups excluding carboxylic acids is 5. The molecule has 13 nitrogen and oxygen atoms in total. The van der Waals surface area contributed by atoms with E-state index < -0.39 is 52.6 Å². The SMILES string of the molecule is CC(C)(C)OC(=O)Nc1cccc(N2C(=O)C(=Cc3c(C(=O)OC(C)(C)C)n(C(=O)OC(C)(C)C)c4cc(Cl)cc(Cl)c34)CN2C(=O)OC(C)(C)C)c1. The van der Waals surface area contributed by atoms with Crippen LogP contribution < -0.4 is 10.3 Å². The molecule has 2 aromatic carbocycles. The summed E-state index contributed by atoms with van der Waals surface area (Å²) < 4.78 is 23.5. The minimum Gasteiger partial charge on any atom is -0.455 e. The average molecular weight is 774 g/mol. The maximum atomic E-state index is 14.5. The predicted molar refractivity (Wildman–Crippen MR) is 203 cm³/mol. The van der Waals surface area contributed by atoms with Gasteiger partial charge in [-0.2, -0.15) is 0 Å². The molecule has 0 spiro atoms. The maximum Gasteiger partial charge on any atom is 0.430 e. The fraction of sp³-hybridized carbons (Fsp3) is 0.447. The number of halogens is 2. The first-order chi connectivity index (χ1) is 24.1. The fourth-order valence-electron chi connectivity index (χ4n) is 5.21. The molecular weight excluding hydrogens is 727 g/mol. The second-order valence-corrected chi connectivity index (χ2v) is 17.2. The molecule has 286 valence electrons. The second kappa shape index (κ2) is 14.6. The Morgan fingerprint density at radius 1 is 0.755 bits per heavy atom. The zero-order valence-corrected chi connectivity index (χ0v) is 33.5. The molecule has 2 heterocycles. The molecular formula is C38H46Cl2N4O9. The third kappa shape index (κ3) is 10.2. The minimum absolute atomic E-state index is 0.0143. The van der Waals surface area contributed by atoms with Crippen LogP contribution in [0.4, 0.5) is 25.8 Å². The Morgan fingerprint density at radius 2 is 1.32 bits per heavy atom. The first kappa shape index (κ1) is 41.0. The molecule has 53 heavy (non-hydrogen) atoms. The minimum atomic E-state index is -0.996. The van der Waals surface area contributed by atoms with Crippen molar-refractivity contribution in [2.24, 2.45) is 0 Å². The van der Waals surface area contributed by atoms with Gasteiger partial charge in [0.1, 0.15) is 28.1 Å². The maximum absolute atomic E-state index is 14.5. The first-order valence-electron chi connectivity index (χ1n) is 16.8. The van der Waals surface area contributed by atoms with Crippen molar-refractivity contribution in [3.8, 4) is 0 Å². The van der Waals surface area contributed by atoms with E-state index in [9.17, 15) is 24.0 Å². The van der Waals surface area contributed by atoms with Crippen molar-refractivity contribution >= 4 is 81.7 Å². The highest BCUT2D eigenvalue weighted by Crippen LogP contribution is 2.39. The van der Waals surface area contributed by atoms with Gasteiger partial charge in [-0.1, -0.05) is 29.3 Å². The van der Waals surface area contributed by atoms with Crippen LogP contribution in [0.2, 0.25) is 10.0 Å². The van der Waals surface area contributed by atoms with Crippen molar-refractivity contribution in [2.45, 2.75) is 105 Å². The highest BCUT2D eigenvalue weighted by Gasteiger charge is 2.41. The highest BCUT2D eigenvalue weighted by molar-refractivity contribution is 6.39. The molecule has 0 atom stereocenters. The lowest BCUT2D eigenvalue weighted by atomic mass is 10.1. The molecule has 0 unspecified atom stereocenters. The largest absolute Gasteiger partial charge is 0.455 e.